The van der Waals surface area contributed by atoms with E-state index in [2.05, 4.69) is 20.7 Å². The summed E-state index contributed by atoms with van der Waals surface area (Å²) in [5, 5.41) is 1.74. The van der Waals surface area contributed by atoms with E-state index < -0.39 is 10.0 Å². The minimum Gasteiger partial charge on any atom is -0.326 e. The number of aryl methyl sites for hydroxylation is 1. The molecular formula is C13H15BrN2O2S2. The van der Waals surface area contributed by atoms with Crippen LogP contribution in [0.15, 0.2) is 39.0 Å². The molecule has 0 amide bonds. The molecule has 0 radical (unpaired) electrons. The van der Waals surface area contributed by atoms with E-state index in [9.17, 15) is 8.42 Å². The van der Waals surface area contributed by atoms with Gasteiger partial charge in [0, 0.05) is 15.9 Å². The summed E-state index contributed by atoms with van der Waals surface area (Å²) in [6.07, 6.45) is 0.741. The Balaban J connectivity index is 2.38. The van der Waals surface area contributed by atoms with E-state index in [1.165, 1.54) is 11.3 Å². The number of hydrogen-bond acceptors (Lipinski definition) is 4. The lowest BCUT2D eigenvalue weighted by Gasteiger charge is -2.12. The Morgan fingerprint density at radius 2 is 2.10 bits per heavy atom. The third-order valence-corrected chi connectivity index (χ3v) is 5.89. The van der Waals surface area contributed by atoms with Gasteiger partial charge in [0.25, 0.3) is 10.0 Å². The van der Waals surface area contributed by atoms with Crippen LogP contribution in [0.1, 0.15) is 17.4 Å². The summed E-state index contributed by atoms with van der Waals surface area (Å²) in [4.78, 5) is 0.919. The second kappa shape index (κ2) is 6.26. The van der Waals surface area contributed by atoms with Crippen molar-refractivity contribution in [3.63, 3.8) is 0 Å². The zero-order valence-corrected chi connectivity index (χ0v) is 14.1. The Kier molecular flexibility index (Phi) is 4.85. The zero-order chi connectivity index (χ0) is 14.8. The van der Waals surface area contributed by atoms with E-state index in [4.69, 9.17) is 5.73 Å². The average Bonchev–Trinajstić information content (AvgIpc) is 2.89. The van der Waals surface area contributed by atoms with Gasteiger partial charge >= 0.3 is 0 Å². The molecule has 0 saturated heterocycles. The minimum absolute atomic E-state index is 0.217. The zero-order valence-electron chi connectivity index (χ0n) is 10.9. The number of hydrogen-bond donors (Lipinski definition) is 2. The lowest BCUT2D eigenvalue weighted by molar-refractivity contribution is 0.600. The van der Waals surface area contributed by atoms with E-state index in [1.807, 2.05) is 19.1 Å². The normalized spacial score (nSPS) is 11.6. The third kappa shape index (κ3) is 3.22. The molecule has 0 atom stereocenters. The number of nitrogens with two attached hydrogens (primary N) is 1. The lowest BCUT2D eigenvalue weighted by atomic mass is 10.1. The van der Waals surface area contributed by atoms with Gasteiger partial charge in [-0.3, -0.25) is 4.72 Å². The van der Waals surface area contributed by atoms with Crippen LogP contribution in [0.3, 0.4) is 0 Å². The maximum Gasteiger partial charge on any atom is 0.263 e. The molecule has 1 aromatic heterocycles. The molecule has 7 heteroatoms. The van der Waals surface area contributed by atoms with Gasteiger partial charge in [0.05, 0.1) is 5.69 Å². The maximum atomic E-state index is 12.4. The quantitative estimate of drug-likeness (QED) is 0.842. The van der Waals surface area contributed by atoms with Gasteiger partial charge in [-0.25, -0.2) is 8.42 Å². The minimum atomic E-state index is -3.59. The van der Waals surface area contributed by atoms with Crippen LogP contribution in [-0.2, 0) is 23.0 Å². The van der Waals surface area contributed by atoms with E-state index in [1.54, 1.807) is 17.5 Å². The van der Waals surface area contributed by atoms with Crippen molar-refractivity contribution in [2.45, 2.75) is 24.8 Å². The molecule has 20 heavy (non-hydrogen) atoms. The van der Waals surface area contributed by atoms with E-state index in [-0.39, 0.29) is 11.4 Å². The molecule has 4 nitrogen and oxygen atoms in total. The Labute approximate surface area is 131 Å². The van der Waals surface area contributed by atoms with Gasteiger partial charge in [-0.05, 0) is 41.6 Å². The van der Waals surface area contributed by atoms with Crippen molar-refractivity contribution >= 4 is 43.0 Å². The summed E-state index contributed by atoms with van der Waals surface area (Å²) in [5.74, 6) is 0. The average molecular weight is 375 g/mol. The predicted molar refractivity (Wildman–Crippen MR) is 86.5 cm³/mol. The Morgan fingerprint density at radius 1 is 1.35 bits per heavy atom. The van der Waals surface area contributed by atoms with Crippen molar-refractivity contribution in [1.82, 2.24) is 0 Å². The van der Waals surface area contributed by atoms with Crippen LogP contribution in [0.4, 0.5) is 5.69 Å². The molecule has 108 valence electrons. The van der Waals surface area contributed by atoms with Crippen molar-refractivity contribution in [2.75, 3.05) is 4.72 Å². The van der Waals surface area contributed by atoms with E-state index in [0.717, 1.165) is 16.5 Å². The summed E-state index contributed by atoms with van der Waals surface area (Å²) >= 11 is 4.73. The van der Waals surface area contributed by atoms with Crippen LogP contribution in [0.25, 0.3) is 0 Å². The van der Waals surface area contributed by atoms with Gasteiger partial charge in [-0.2, -0.15) is 0 Å². The largest absolute Gasteiger partial charge is 0.326 e. The van der Waals surface area contributed by atoms with Crippen LogP contribution >= 0.6 is 27.3 Å². The van der Waals surface area contributed by atoms with Crippen molar-refractivity contribution in [2.24, 2.45) is 5.73 Å². The molecule has 3 N–H and O–H groups in total. The second-order valence-electron chi connectivity index (χ2n) is 4.17. The summed E-state index contributed by atoms with van der Waals surface area (Å²) in [6.45, 7) is 2.20. The molecule has 0 aliphatic carbocycles. The Hall–Kier alpha value is -0.890. The monoisotopic (exact) mass is 374 g/mol. The van der Waals surface area contributed by atoms with Crippen LogP contribution in [0.2, 0.25) is 0 Å². The molecule has 2 rings (SSSR count). The van der Waals surface area contributed by atoms with Gasteiger partial charge in [0.1, 0.15) is 4.90 Å². The molecule has 2 aromatic rings. The number of benzene rings is 1. The van der Waals surface area contributed by atoms with E-state index in [0.29, 0.717) is 10.6 Å². The van der Waals surface area contributed by atoms with Gasteiger partial charge in [-0.15, -0.1) is 11.3 Å². The van der Waals surface area contributed by atoms with Crippen molar-refractivity contribution in [3.05, 3.63) is 44.6 Å². The fourth-order valence-electron chi connectivity index (χ4n) is 1.87. The summed E-state index contributed by atoms with van der Waals surface area (Å²) < 4.78 is 28.4. The number of rotatable bonds is 5. The smallest absolute Gasteiger partial charge is 0.263 e. The Bertz CT molecular complexity index is 711. The molecule has 0 unspecified atom stereocenters. The maximum absolute atomic E-state index is 12.4. The van der Waals surface area contributed by atoms with Crippen molar-refractivity contribution in [1.29, 1.82) is 0 Å². The summed E-state index contributed by atoms with van der Waals surface area (Å²) in [5.41, 5.74) is 7.11. The Morgan fingerprint density at radius 3 is 2.75 bits per heavy atom. The first-order chi connectivity index (χ1) is 9.47. The second-order valence-corrected chi connectivity index (χ2v) is 7.74. The molecular weight excluding hydrogens is 360 g/mol. The van der Waals surface area contributed by atoms with Gasteiger partial charge in [0.2, 0.25) is 0 Å². The third-order valence-electron chi connectivity index (χ3n) is 2.87. The summed E-state index contributed by atoms with van der Waals surface area (Å²) in [6, 6.07) is 7.07. The van der Waals surface area contributed by atoms with Crippen LogP contribution in [-0.4, -0.2) is 8.42 Å². The first-order valence-corrected chi connectivity index (χ1v) is 9.21. The molecule has 0 saturated carbocycles. The number of anilines is 1. The fraction of sp³-hybridized carbons (Fsp3) is 0.231. The first kappa shape index (κ1) is 15.5. The highest BCUT2D eigenvalue weighted by molar-refractivity contribution is 9.10. The van der Waals surface area contributed by atoms with Crippen LogP contribution in [0, 0.1) is 0 Å². The number of nitrogens with one attached hydrogen (secondary N) is 1. The fourth-order valence-corrected chi connectivity index (χ4v) is 4.72. The SMILES string of the molecule is CCc1cc(Br)ccc1NS(=O)(=O)c1ccsc1CN. The number of halogens is 1. The highest BCUT2D eigenvalue weighted by Crippen LogP contribution is 2.27. The topological polar surface area (TPSA) is 72.2 Å². The highest BCUT2D eigenvalue weighted by atomic mass is 79.9. The molecule has 0 aliphatic heterocycles. The van der Waals surface area contributed by atoms with Crippen molar-refractivity contribution in [3.8, 4) is 0 Å². The molecule has 0 aliphatic rings. The van der Waals surface area contributed by atoms with Gasteiger partial charge < -0.3 is 5.73 Å². The molecule has 0 fully saturated rings. The van der Waals surface area contributed by atoms with Crippen molar-refractivity contribution < 1.29 is 8.42 Å². The van der Waals surface area contributed by atoms with Gasteiger partial charge in [-0.1, -0.05) is 22.9 Å². The highest BCUT2D eigenvalue weighted by Gasteiger charge is 2.20. The lowest BCUT2D eigenvalue weighted by Crippen LogP contribution is -2.15. The standard InChI is InChI=1S/C13H15BrN2O2S2/c1-2-9-7-10(14)3-4-11(9)16-20(17,18)13-5-6-19-12(13)8-15/h3-7,16H,2,8,15H2,1H3. The van der Waals surface area contributed by atoms with E-state index >= 15 is 0 Å². The van der Waals surface area contributed by atoms with Crippen LogP contribution < -0.4 is 10.5 Å². The predicted octanol–water partition coefficient (Wildman–Crippen LogP) is 3.33. The first-order valence-electron chi connectivity index (χ1n) is 6.05. The molecule has 1 aromatic carbocycles. The van der Waals surface area contributed by atoms with Crippen LogP contribution in [0.5, 0.6) is 0 Å². The summed E-state index contributed by atoms with van der Waals surface area (Å²) in [7, 11) is -3.59. The number of sulfonamides is 1. The molecule has 0 bridgehead atoms. The van der Waals surface area contributed by atoms with Gasteiger partial charge in [0.15, 0.2) is 0 Å². The molecule has 0 spiro atoms. The number of thiophene rings is 1. The molecule has 1 heterocycles.